The number of carboxylic acids is 1. The molecular formula is C20H21NO3. The Morgan fingerprint density at radius 2 is 1.88 bits per heavy atom. The molecule has 1 aliphatic carbocycles. The van der Waals surface area contributed by atoms with E-state index in [2.05, 4.69) is 12.2 Å². The van der Waals surface area contributed by atoms with Gasteiger partial charge in [-0.05, 0) is 35.1 Å². The van der Waals surface area contributed by atoms with Gasteiger partial charge in [0.1, 0.15) is 5.92 Å². The first kappa shape index (κ1) is 16.2. The number of nitrogens with one attached hydrogen (secondary N) is 1. The van der Waals surface area contributed by atoms with Crippen molar-refractivity contribution in [1.82, 2.24) is 5.32 Å². The lowest BCUT2D eigenvalue weighted by atomic mass is 9.98. The summed E-state index contributed by atoms with van der Waals surface area (Å²) in [6.07, 6.45) is 1.76. The molecule has 2 unspecified atom stereocenters. The smallest absolute Gasteiger partial charge is 0.313 e. The van der Waals surface area contributed by atoms with Crippen molar-refractivity contribution in [3.63, 3.8) is 0 Å². The van der Waals surface area contributed by atoms with Crippen molar-refractivity contribution in [3.05, 3.63) is 70.8 Å². The Balaban J connectivity index is 1.71. The molecule has 0 saturated heterocycles. The number of rotatable bonds is 5. The van der Waals surface area contributed by atoms with Gasteiger partial charge in [-0.1, -0.05) is 55.5 Å². The lowest BCUT2D eigenvalue weighted by Crippen LogP contribution is -2.41. The third-order valence-electron chi connectivity index (χ3n) is 4.61. The number of carboxylic acid groups (broad SMARTS) is 1. The summed E-state index contributed by atoms with van der Waals surface area (Å²) in [5, 5.41) is 12.5. The summed E-state index contributed by atoms with van der Waals surface area (Å²) >= 11 is 0. The molecule has 2 aromatic rings. The Morgan fingerprint density at radius 1 is 1.12 bits per heavy atom. The third-order valence-corrected chi connectivity index (χ3v) is 4.61. The summed E-state index contributed by atoms with van der Waals surface area (Å²) in [6, 6.07) is 15.1. The van der Waals surface area contributed by atoms with E-state index in [4.69, 9.17) is 0 Å². The van der Waals surface area contributed by atoms with Gasteiger partial charge < -0.3 is 10.4 Å². The monoisotopic (exact) mass is 323 g/mol. The van der Waals surface area contributed by atoms with Crippen LogP contribution in [0.1, 0.15) is 35.1 Å². The predicted molar refractivity (Wildman–Crippen MR) is 92.0 cm³/mol. The van der Waals surface area contributed by atoms with Crippen molar-refractivity contribution >= 4 is 11.9 Å². The summed E-state index contributed by atoms with van der Waals surface area (Å²) < 4.78 is 0. The van der Waals surface area contributed by atoms with Crippen LogP contribution >= 0.6 is 0 Å². The van der Waals surface area contributed by atoms with Gasteiger partial charge in [0.05, 0.1) is 12.5 Å². The molecule has 4 nitrogen and oxygen atoms in total. The van der Waals surface area contributed by atoms with Crippen molar-refractivity contribution in [1.29, 1.82) is 0 Å². The summed E-state index contributed by atoms with van der Waals surface area (Å²) in [7, 11) is 0. The van der Waals surface area contributed by atoms with Gasteiger partial charge in [-0.25, -0.2) is 0 Å². The number of fused-ring (bicyclic) bond motifs is 1. The highest BCUT2D eigenvalue weighted by Gasteiger charge is 2.38. The maximum atomic E-state index is 12.4. The van der Waals surface area contributed by atoms with Crippen LogP contribution in [0.25, 0.3) is 0 Å². The highest BCUT2D eigenvalue weighted by atomic mass is 16.4. The number of amides is 1. The Kier molecular flexibility index (Phi) is 4.65. The van der Waals surface area contributed by atoms with E-state index in [1.807, 2.05) is 48.5 Å². The van der Waals surface area contributed by atoms with Gasteiger partial charge >= 0.3 is 5.97 Å². The average molecular weight is 323 g/mol. The fourth-order valence-corrected chi connectivity index (χ4v) is 3.44. The Hall–Kier alpha value is -2.62. The molecule has 2 aromatic carbocycles. The molecule has 24 heavy (non-hydrogen) atoms. The number of aliphatic carboxylic acids is 1. The number of aryl methyl sites for hydroxylation is 1. The summed E-state index contributed by atoms with van der Waals surface area (Å²) in [6.45, 7) is 2.08. The van der Waals surface area contributed by atoms with Crippen LogP contribution in [-0.2, 0) is 28.9 Å². The minimum absolute atomic E-state index is 0.132. The Morgan fingerprint density at radius 3 is 2.62 bits per heavy atom. The number of carbonyl (C=O) groups excluding carboxylic acids is 1. The van der Waals surface area contributed by atoms with E-state index in [0.29, 0.717) is 6.42 Å². The van der Waals surface area contributed by atoms with E-state index in [1.165, 1.54) is 5.56 Å². The minimum atomic E-state index is -0.891. The molecule has 0 saturated carbocycles. The molecule has 0 aliphatic heterocycles. The van der Waals surface area contributed by atoms with Gasteiger partial charge in [-0.2, -0.15) is 0 Å². The van der Waals surface area contributed by atoms with E-state index in [-0.39, 0.29) is 18.4 Å². The van der Waals surface area contributed by atoms with Crippen LogP contribution in [0.2, 0.25) is 0 Å². The highest BCUT2D eigenvalue weighted by Crippen LogP contribution is 2.33. The molecule has 0 radical (unpaired) electrons. The van der Waals surface area contributed by atoms with Gasteiger partial charge in [0.2, 0.25) is 5.91 Å². The normalized spacial score (nSPS) is 18.9. The standard InChI is InChI=1S/C20H21NO3/c1-2-13-6-5-7-14(10-13)11-18(22)21-17-12-15-8-3-4-9-16(15)19(17)20(23)24/h3-10,17,19H,2,11-12H2,1H3,(H,21,22)(H,23,24). The zero-order valence-corrected chi connectivity index (χ0v) is 13.7. The Bertz CT molecular complexity index is 769. The maximum absolute atomic E-state index is 12.4. The third kappa shape index (κ3) is 3.32. The van der Waals surface area contributed by atoms with Crippen LogP contribution < -0.4 is 5.32 Å². The van der Waals surface area contributed by atoms with Crippen LogP contribution in [0.3, 0.4) is 0 Å². The number of hydrogen-bond acceptors (Lipinski definition) is 2. The molecule has 0 fully saturated rings. The predicted octanol–water partition coefficient (Wildman–Crippen LogP) is 2.70. The van der Waals surface area contributed by atoms with E-state index in [0.717, 1.165) is 23.1 Å². The number of hydrogen-bond donors (Lipinski definition) is 2. The SMILES string of the molecule is CCc1cccc(CC(=O)NC2Cc3ccccc3C2C(=O)O)c1. The van der Waals surface area contributed by atoms with Crippen LogP contribution in [0.5, 0.6) is 0 Å². The summed E-state index contributed by atoms with van der Waals surface area (Å²) in [4.78, 5) is 24.0. The number of benzene rings is 2. The molecule has 0 heterocycles. The van der Waals surface area contributed by atoms with Crippen molar-refractivity contribution in [2.75, 3.05) is 0 Å². The van der Waals surface area contributed by atoms with Crippen LogP contribution in [0.15, 0.2) is 48.5 Å². The fourth-order valence-electron chi connectivity index (χ4n) is 3.44. The molecule has 2 atom stereocenters. The summed E-state index contributed by atoms with van der Waals surface area (Å²) in [5.41, 5.74) is 3.96. The quantitative estimate of drug-likeness (QED) is 0.889. The first-order valence-electron chi connectivity index (χ1n) is 8.26. The van der Waals surface area contributed by atoms with E-state index >= 15 is 0 Å². The molecule has 0 bridgehead atoms. The second-order valence-electron chi connectivity index (χ2n) is 6.24. The largest absolute Gasteiger partial charge is 0.481 e. The average Bonchev–Trinajstić information content (AvgIpc) is 2.92. The van der Waals surface area contributed by atoms with Gasteiger partial charge in [-0.3, -0.25) is 9.59 Å². The Labute approximate surface area is 141 Å². The van der Waals surface area contributed by atoms with Gasteiger partial charge in [0, 0.05) is 0 Å². The maximum Gasteiger partial charge on any atom is 0.313 e. The van der Waals surface area contributed by atoms with Crippen LogP contribution in [0.4, 0.5) is 0 Å². The van der Waals surface area contributed by atoms with E-state index in [1.54, 1.807) is 0 Å². The van der Waals surface area contributed by atoms with Crippen molar-refractivity contribution in [2.24, 2.45) is 0 Å². The minimum Gasteiger partial charge on any atom is -0.481 e. The molecule has 3 rings (SSSR count). The van der Waals surface area contributed by atoms with Crippen molar-refractivity contribution < 1.29 is 14.7 Å². The van der Waals surface area contributed by atoms with Crippen molar-refractivity contribution in [3.8, 4) is 0 Å². The van der Waals surface area contributed by atoms with Crippen molar-refractivity contribution in [2.45, 2.75) is 38.1 Å². The first-order chi connectivity index (χ1) is 11.6. The lowest BCUT2D eigenvalue weighted by Gasteiger charge is -2.18. The van der Waals surface area contributed by atoms with Crippen LogP contribution in [0, 0.1) is 0 Å². The first-order valence-corrected chi connectivity index (χ1v) is 8.26. The van der Waals surface area contributed by atoms with Gasteiger partial charge in [0.25, 0.3) is 0 Å². The lowest BCUT2D eigenvalue weighted by molar-refractivity contribution is -0.139. The molecular weight excluding hydrogens is 302 g/mol. The second kappa shape index (κ2) is 6.87. The van der Waals surface area contributed by atoms with Gasteiger partial charge in [-0.15, -0.1) is 0 Å². The zero-order valence-electron chi connectivity index (χ0n) is 13.7. The molecule has 1 amide bonds. The highest BCUT2D eigenvalue weighted by molar-refractivity contribution is 5.83. The van der Waals surface area contributed by atoms with Crippen LogP contribution in [-0.4, -0.2) is 23.0 Å². The molecule has 0 aromatic heterocycles. The zero-order chi connectivity index (χ0) is 17.1. The molecule has 0 spiro atoms. The van der Waals surface area contributed by atoms with E-state index in [9.17, 15) is 14.7 Å². The number of carbonyl (C=O) groups is 2. The molecule has 124 valence electrons. The second-order valence-corrected chi connectivity index (χ2v) is 6.24. The molecule has 2 N–H and O–H groups in total. The fraction of sp³-hybridized carbons (Fsp3) is 0.300. The topological polar surface area (TPSA) is 66.4 Å². The molecule has 1 aliphatic rings. The molecule has 4 heteroatoms. The summed E-state index contributed by atoms with van der Waals surface area (Å²) in [5.74, 6) is -1.70. The van der Waals surface area contributed by atoms with E-state index < -0.39 is 11.9 Å². The van der Waals surface area contributed by atoms with Gasteiger partial charge in [0.15, 0.2) is 0 Å².